The van der Waals surface area contributed by atoms with Gasteiger partial charge in [-0.15, -0.1) is 0 Å². The Labute approximate surface area is 114 Å². The number of hydrogen-bond donors (Lipinski definition) is 2. The molecule has 3 heteroatoms. The Bertz CT molecular complexity index is 544. The lowest BCUT2D eigenvalue weighted by atomic mass is 9.98. The fraction of sp³-hybridized carbons (Fsp3) is 0.438. The minimum Gasteiger partial charge on any atom is -0.509 e. The first kappa shape index (κ1) is 13.7. The summed E-state index contributed by atoms with van der Waals surface area (Å²) in [4.78, 5) is 4.11. The summed E-state index contributed by atoms with van der Waals surface area (Å²) < 4.78 is 0. The molecule has 0 spiro atoms. The second-order valence-electron chi connectivity index (χ2n) is 5.22. The van der Waals surface area contributed by atoms with Crippen molar-refractivity contribution >= 4 is 11.4 Å². The molecule has 0 saturated carbocycles. The van der Waals surface area contributed by atoms with Crippen molar-refractivity contribution < 1.29 is 5.11 Å². The van der Waals surface area contributed by atoms with Gasteiger partial charge in [0.25, 0.3) is 0 Å². The molecule has 0 aliphatic heterocycles. The molecule has 0 radical (unpaired) electrons. The van der Waals surface area contributed by atoms with Gasteiger partial charge in [-0.3, -0.25) is 4.99 Å². The molecule has 2 rings (SSSR count). The largest absolute Gasteiger partial charge is 0.509 e. The van der Waals surface area contributed by atoms with E-state index in [-0.39, 0.29) is 11.7 Å². The number of nitrogens with two attached hydrogens (primary N) is 1. The van der Waals surface area contributed by atoms with E-state index >= 15 is 0 Å². The Morgan fingerprint density at radius 3 is 2.68 bits per heavy atom. The third kappa shape index (κ3) is 2.65. The Morgan fingerprint density at radius 1 is 1.32 bits per heavy atom. The van der Waals surface area contributed by atoms with Gasteiger partial charge in [-0.05, 0) is 50.3 Å². The molecule has 0 bridgehead atoms. The number of hydrogen-bond acceptors (Lipinski definition) is 3. The van der Waals surface area contributed by atoms with E-state index in [0.29, 0.717) is 5.70 Å². The molecule has 1 aromatic carbocycles. The zero-order chi connectivity index (χ0) is 14.0. The molecule has 1 aromatic rings. The second kappa shape index (κ2) is 5.47. The third-order valence-electron chi connectivity index (χ3n) is 4.07. The molecular formula is C16H22N2O. The molecule has 0 heterocycles. The maximum Gasteiger partial charge on any atom is 0.124 e. The first-order valence-electron chi connectivity index (χ1n) is 6.78. The van der Waals surface area contributed by atoms with Gasteiger partial charge in [0.05, 0.1) is 11.6 Å². The van der Waals surface area contributed by atoms with Crippen molar-refractivity contribution in [2.45, 2.75) is 33.1 Å². The predicted octanol–water partition coefficient (Wildman–Crippen LogP) is 3.09. The Balaban J connectivity index is 2.35. The summed E-state index contributed by atoms with van der Waals surface area (Å²) in [6.45, 7) is 3.81. The van der Waals surface area contributed by atoms with Gasteiger partial charge in [0.15, 0.2) is 0 Å². The van der Waals surface area contributed by atoms with Crippen LogP contribution in [0.1, 0.15) is 37.0 Å². The first-order valence-corrected chi connectivity index (χ1v) is 6.78. The second-order valence-corrected chi connectivity index (χ2v) is 5.22. The number of rotatable bonds is 3. The molecule has 3 nitrogen and oxygen atoms in total. The maximum atomic E-state index is 10.3. The van der Waals surface area contributed by atoms with Crippen molar-refractivity contribution in [2.75, 3.05) is 7.05 Å². The highest BCUT2D eigenvalue weighted by Crippen LogP contribution is 2.26. The predicted molar refractivity (Wildman–Crippen MR) is 80.4 cm³/mol. The summed E-state index contributed by atoms with van der Waals surface area (Å²) in [5.74, 6) is 0.0688. The lowest BCUT2D eigenvalue weighted by Gasteiger charge is -2.14. The molecule has 3 N–H and O–H groups in total. The zero-order valence-corrected chi connectivity index (χ0v) is 11.9. The van der Waals surface area contributed by atoms with E-state index in [1.54, 1.807) is 7.05 Å². The fourth-order valence-corrected chi connectivity index (χ4v) is 2.51. The molecule has 0 unspecified atom stereocenters. The number of aliphatic hydroxyl groups excluding tert-OH is 1. The van der Waals surface area contributed by atoms with Gasteiger partial charge in [0.1, 0.15) is 5.76 Å². The molecule has 1 atom stereocenters. The van der Waals surface area contributed by atoms with E-state index in [2.05, 4.69) is 17.1 Å². The van der Waals surface area contributed by atoms with E-state index in [1.807, 2.05) is 19.9 Å². The van der Waals surface area contributed by atoms with Crippen LogP contribution in [0.25, 0.3) is 5.70 Å². The number of aliphatic imine (C=N–C) groups is 1. The Hall–Kier alpha value is -1.77. The topological polar surface area (TPSA) is 58.6 Å². The molecule has 0 aromatic heterocycles. The summed E-state index contributed by atoms with van der Waals surface area (Å²) >= 11 is 0. The summed E-state index contributed by atoms with van der Waals surface area (Å²) in [6, 6.07) is 6.24. The quantitative estimate of drug-likeness (QED) is 0.646. The first-order chi connectivity index (χ1) is 9.04. The summed E-state index contributed by atoms with van der Waals surface area (Å²) in [5, 5.41) is 10.3. The smallest absolute Gasteiger partial charge is 0.124 e. The highest BCUT2D eigenvalue weighted by molar-refractivity contribution is 5.88. The molecule has 0 fully saturated rings. The maximum absolute atomic E-state index is 10.3. The number of benzene rings is 1. The molecule has 19 heavy (non-hydrogen) atoms. The van der Waals surface area contributed by atoms with Crippen LogP contribution in [-0.4, -0.2) is 17.9 Å². The van der Waals surface area contributed by atoms with Crippen molar-refractivity contribution in [3.63, 3.8) is 0 Å². The lowest BCUT2D eigenvalue weighted by molar-refractivity contribution is 0.374. The van der Waals surface area contributed by atoms with Crippen LogP contribution in [0.2, 0.25) is 0 Å². The normalized spacial score (nSPS) is 17.9. The van der Waals surface area contributed by atoms with E-state index in [9.17, 15) is 5.11 Å². The van der Waals surface area contributed by atoms with Crippen molar-refractivity contribution in [3.8, 4) is 0 Å². The van der Waals surface area contributed by atoms with Gasteiger partial charge >= 0.3 is 0 Å². The van der Waals surface area contributed by atoms with Crippen LogP contribution in [0.3, 0.4) is 0 Å². The molecule has 0 amide bonds. The van der Waals surface area contributed by atoms with Gasteiger partial charge in [0.2, 0.25) is 0 Å². The highest BCUT2D eigenvalue weighted by atomic mass is 16.3. The third-order valence-corrected chi connectivity index (χ3v) is 4.07. The monoisotopic (exact) mass is 258 g/mol. The minimum atomic E-state index is -0.141. The molecular weight excluding hydrogens is 236 g/mol. The minimum absolute atomic E-state index is 0.141. The van der Waals surface area contributed by atoms with Crippen molar-refractivity contribution in [3.05, 3.63) is 40.6 Å². The standard InChI is InChI=1S/C16H22N2O/c1-10(11(2)18-3)16(19)15(17)14-8-7-12-5-4-6-13(12)9-14/h7-10,19H,4-6,17H2,1-3H3/b16-15+,18-11?/t10-/m1/s1. The number of aryl methyl sites for hydroxylation is 2. The fourth-order valence-electron chi connectivity index (χ4n) is 2.51. The summed E-state index contributed by atoms with van der Waals surface area (Å²) in [5.41, 5.74) is 11.1. The average molecular weight is 258 g/mol. The average Bonchev–Trinajstić information content (AvgIpc) is 2.91. The van der Waals surface area contributed by atoms with Gasteiger partial charge in [0, 0.05) is 18.3 Å². The van der Waals surface area contributed by atoms with Crippen LogP contribution in [-0.2, 0) is 12.8 Å². The summed E-state index contributed by atoms with van der Waals surface area (Å²) in [7, 11) is 1.73. The van der Waals surface area contributed by atoms with Gasteiger partial charge in [-0.2, -0.15) is 0 Å². The van der Waals surface area contributed by atoms with E-state index < -0.39 is 0 Å². The summed E-state index contributed by atoms with van der Waals surface area (Å²) in [6.07, 6.45) is 3.48. The number of allylic oxidation sites excluding steroid dienone is 1. The molecule has 1 aliphatic rings. The molecule has 0 saturated heterocycles. The van der Waals surface area contributed by atoms with E-state index in [1.165, 1.54) is 17.5 Å². The van der Waals surface area contributed by atoms with Gasteiger partial charge in [-0.1, -0.05) is 12.1 Å². The molecule has 1 aliphatic carbocycles. The van der Waals surface area contributed by atoms with E-state index in [4.69, 9.17) is 5.73 Å². The SMILES string of the molecule is CN=C(C)[C@@H](C)/C(O)=C(\N)c1ccc2c(c1)CCC2. The highest BCUT2D eigenvalue weighted by Gasteiger charge is 2.17. The van der Waals surface area contributed by atoms with Crippen LogP contribution >= 0.6 is 0 Å². The zero-order valence-electron chi connectivity index (χ0n) is 11.9. The number of fused-ring (bicyclic) bond motifs is 1. The Morgan fingerprint density at radius 2 is 2.00 bits per heavy atom. The van der Waals surface area contributed by atoms with Gasteiger partial charge < -0.3 is 10.8 Å². The van der Waals surface area contributed by atoms with Gasteiger partial charge in [-0.25, -0.2) is 0 Å². The number of aliphatic hydroxyl groups is 1. The van der Waals surface area contributed by atoms with Crippen LogP contribution in [0, 0.1) is 5.92 Å². The Kier molecular flexibility index (Phi) is 3.93. The van der Waals surface area contributed by atoms with Crippen LogP contribution in [0.5, 0.6) is 0 Å². The van der Waals surface area contributed by atoms with Crippen LogP contribution in [0.15, 0.2) is 29.0 Å². The van der Waals surface area contributed by atoms with E-state index in [0.717, 1.165) is 24.1 Å². The van der Waals surface area contributed by atoms with Crippen molar-refractivity contribution in [2.24, 2.45) is 16.6 Å². The van der Waals surface area contributed by atoms with Crippen molar-refractivity contribution in [1.82, 2.24) is 0 Å². The van der Waals surface area contributed by atoms with Crippen LogP contribution in [0.4, 0.5) is 0 Å². The molecule has 102 valence electrons. The lowest BCUT2D eigenvalue weighted by Crippen LogP contribution is -2.14. The number of nitrogens with zero attached hydrogens (tertiary/aromatic N) is 1. The van der Waals surface area contributed by atoms with Crippen molar-refractivity contribution in [1.29, 1.82) is 0 Å². The van der Waals surface area contributed by atoms with Crippen LogP contribution < -0.4 is 5.73 Å².